The van der Waals surface area contributed by atoms with Crippen LogP contribution in [0.1, 0.15) is 18.9 Å². The van der Waals surface area contributed by atoms with Gasteiger partial charge in [0.2, 0.25) is 5.79 Å². The zero-order valence-electron chi connectivity index (χ0n) is 9.08. The van der Waals surface area contributed by atoms with Crippen LogP contribution in [0.4, 0.5) is 4.39 Å². The Labute approximate surface area is 99.3 Å². The normalized spacial score (nSPS) is 20.9. The molecule has 16 heavy (non-hydrogen) atoms. The molecule has 0 saturated carbocycles. The van der Waals surface area contributed by atoms with Gasteiger partial charge in [-0.25, -0.2) is 4.39 Å². The van der Waals surface area contributed by atoms with E-state index in [1.807, 2.05) is 6.92 Å². The van der Waals surface area contributed by atoms with Crippen molar-refractivity contribution in [2.24, 2.45) is 0 Å². The SMILES string of the molecule is CCC(Cl)C1(c2ccc(F)cc2)OCCO1. The van der Waals surface area contributed by atoms with Gasteiger partial charge in [0.1, 0.15) is 5.82 Å². The summed E-state index contributed by atoms with van der Waals surface area (Å²) in [6.45, 7) is 3.00. The molecule has 1 aromatic carbocycles. The van der Waals surface area contributed by atoms with Gasteiger partial charge in [0, 0.05) is 5.56 Å². The van der Waals surface area contributed by atoms with Crippen LogP contribution in [-0.4, -0.2) is 18.6 Å². The van der Waals surface area contributed by atoms with E-state index in [1.54, 1.807) is 12.1 Å². The number of benzene rings is 1. The molecule has 1 aliphatic rings. The van der Waals surface area contributed by atoms with E-state index in [4.69, 9.17) is 21.1 Å². The average molecular weight is 245 g/mol. The Balaban J connectivity index is 2.35. The van der Waals surface area contributed by atoms with Crippen molar-refractivity contribution in [3.8, 4) is 0 Å². The zero-order chi connectivity index (χ0) is 11.6. The van der Waals surface area contributed by atoms with Gasteiger partial charge >= 0.3 is 0 Å². The van der Waals surface area contributed by atoms with Crippen molar-refractivity contribution in [1.82, 2.24) is 0 Å². The van der Waals surface area contributed by atoms with Gasteiger partial charge in [0.05, 0.1) is 18.6 Å². The van der Waals surface area contributed by atoms with Gasteiger partial charge < -0.3 is 9.47 Å². The lowest BCUT2D eigenvalue weighted by molar-refractivity contribution is -0.167. The maximum atomic E-state index is 12.9. The third kappa shape index (κ3) is 1.95. The molecule has 0 N–H and O–H groups in total. The molecule has 0 amide bonds. The number of alkyl halides is 1. The van der Waals surface area contributed by atoms with E-state index in [0.29, 0.717) is 13.2 Å². The number of rotatable bonds is 3. The van der Waals surface area contributed by atoms with Gasteiger partial charge in [-0.3, -0.25) is 0 Å². The maximum absolute atomic E-state index is 12.9. The van der Waals surface area contributed by atoms with Crippen LogP contribution in [0.25, 0.3) is 0 Å². The van der Waals surface area contributed by atoms with Crippen molar-refractivity contribution in [3.63, 3.8) is 0 Å². The summed E-state index contributed by atoms with van der Waals surface area (Å²) in [5.74, 6) is -1.19. The summed E-state index contributed by atoms with van der Waals surface area (Å²) >= 11 is 6.26. The molecule has 1 aromatic rings. The molecule has 4 heteroatoms. The second kappa shape index (κ2) is 4.70. The molecular formula is C12H14ClFO2. The molecule has 1 aliphatic heterocycles. The summed E-state index contributed by atoms with van der Waals surface area (Å²) in [5.41, 5.74) is 0.772. The smallest absolute Gasteiger partial charge is 0.211 e. The minimum atomic E-state index is -0.913. The molecule has 88 valence electrons. The molecule has 1 atom stereocenters. The number of ether oxygens (including phenoxy) is 2. The molecule has 0 aliphatic carbocycles. The minimum Gasteiger partial charge on any atom is -0.342 e. The molecule has 0 aromatic heterocycles. The number of halogens is 2. The van der Waals surface area contributed by atoms with Crippen LogP contribution >= 0.6 is 11.6 Å². The van der Waals surface area contributed by atoms with Crippen molar-refractivity contribution in [2.45, 2.75) is 24.5 Å². The minimum absolute atomic E-state index is 0.277. The standard InChI is InChI=1S/C12H14ClFO2/c1-2-11(13)12(15-7-8-16-12)9-3-5-10(14)6-4-9/h3-6,11H,2,7-8H2,1H3. The van der Waals surface area contributed by atoms with Crippen molar-refractivity contribution >= 4 is 11.6 Å². The van der Waals surface area contributed by atoms with Gasteiger partial charge in [0.15, 0.2) is 0 Å². The third-order valence-electron chi connectivity index (χ3n) is 2.73. The second-order valence-corrected chi connectivity index (χ2v) is 4.27. The summed E-state index contributed by atoms with van der Waals surface area (Å²) in [7, 11) is 0. The summed E-state index contributed by atoms with van der Waals surface area (Å²) in [5, 5.41) is -0.277. The quantitative estimate of drug-likeness (QED) is 0.761. The highest BCUT2D eigenvalue weighted by atomic mass is 35.5. The van der Waals surface area contributed by atoms with E-state index < -0.39 is 5.79 Å². The molecule has 2 rings (SSSR count). The highest BCUT2D eigenvalue weighted by Crippen LogP contribution is 2.39. The number of hydrogen-bond acceptors (Lipinski definition) is 2. The molecule has 2 nitrogen and oxygen atoms in total. The topological polar surface area (TPSA) is 18.5 Å². The predicted molar refractivity (Wildman–Crippen MR) is 59.9 cm³/mol. The van der Waals surface area contributed by atoms with Crippen LogP contribution in [0.3, 0.4) is 0 Å². The Hall–Kier alpha value is -0.640. The van der Waals surface area contributed by atoms with Crippen molar-refractivity contribution in [1.29, 1.82) is 0 Å². The molecule has 1 saturated heterocycles. The molecule has 0 bridgehead atoms. The first-order chi connectivity index (χ1) is 7.69. The molecular weight excluding hydrogens is 231 g/mol. The maximum Gasteiger partial charge on any atom is 0.211 e. The van der Waals surface area contributed by atoms with Crippen LogP contribution in [0.2, 0.25) is 0 Å². The first kappa shape index (κ1) is 11.8. The van der Waals surface area contributed by atoms with Crippen LogP contribution in [0.5, 0.6) is 0 Å². The fourth-order valence-corrected chi connectivity index (χ4v) is 2.16. The highest BCUT2D eigenvalue weighted by molar-refractivity contribution is 6.21. The summed E-state index contributed by atoms with van der Waals surface area (Å²) in [6, 6.07) is 6.10. The summed E-state index contributed by atoms with van der Waals surface area (Å²) in [4.78, 5) is 0. The summed E-state index contributed by atoms with van der Waals surface area (Å²) in [6.07, 6.45) is 0.721. The Kier molecular flexibility index (Phi) is 3.47. The largest absolute Gasteiger partial charge is 0.342 e. The van der Waals surface area contributed by atoms with Crippen LogP contribution in [0.15, 0.2) is 24.3 Å². The highest BCUT2D eigenvalue weighted by Gasteiger charge is 2.44. The monoisotopic (exact) mass is 244 g/mol. The first-order valence-electron chi connectivity index (χ1n) is 5.37. The first-order valence-corrected chi connectivity index (χ1v) is 5.80. The van der Waals surface area contributed by atoms with E-state index >= 15 is 0 Å². The van der Waals surface area contributed by atoms with E-state index in [9.17, 15) is 4.39 Å². The lowest BCUT2D eigenvalue weighted by Gasteiger charge is -2.31. The third-order valence-corrected chi connectivity index (χ3v) is 3.33. The Bertz CT molecular complexity index is 347. The van der Waals surface area contributed by atoms with Crippen LogP contribution in [0, 0.1) is 5.82 Å². The molecule has 1 unspecified atom stereocenters. The fraction of sp³-hybridized carbons (Fsp3) is 0.500. The van der Waals surface area contributed by atoms with E-state index in [0.717, 1.165) is 12.0 Å². The molecule has 1 heterocycles. The van der Waals surface area contributed by atoms with Gasteiger partial charge in [0.25, 0.3) is 0 Å². The predicted octanol–water partition coefficient (Wildman–Crippen LogP) is 3.04. The lowest BCUT2D eigenvalue weighted by atomic mass is 10.0. The van der Waals surface area contributed by atoms with Gasteiger partial charge in [-0.05, 0) is 18.6 Å². The lowest BCUT2D eigenvalue weighted by Crippen LogP contribution is -2.37. The molecule has 0 spiro atoms. The van der Waals surface area contributed by atoms with Crippen LogP contribution < -0.4 is 0 Å². The van der Waals surface area contributed by atoms with Gasteiger partial charge in [-0.1, -0.05) is 19.1 Å². The zero-order valence-corrected chi connectivity index (χ0v) is 9.84. The van der Waals surface area contributed by atoms with E-state index in [2.05, 4.69) is 0 Å². The Morgan fingerprint density at radius 3 is 2.38 bits per heavy atom. The van der Waals surface area contributed by atoms with E-state index in [-0.39, 0.29) is 11.2 Å². The summed E-state index contributed by atoms with van der Waals surface area (Å²) < 4.78 is 24.2. The van der Waals surface area contributed by atoms with Crippen molar-refractivity contribution < 1.29 is 13.9 Å². The van der Waals surface area contributed by atoms with Gasteiger partial charge in [-0.15, -0.1) is 11.6 Å². The van der Waals surface area contributed by atoms with E-state index in [1.165, 1.54) is 12.1 Å². The Morgan fingerprint density at radius 2 is 1.88 bits per heavy atom. The molecule has 0 radical (unpaired) electrons. The average Bonchev–Trinajstić information content (AvgIpc) is 2.79. The number of hydrogen-bond donors (Lipinski definition) is 0. The van der Waals surface area contributed by atoms with Crippen molar-refractivity contribution in [2.75, 3.05) is 13.2 Å². The Morgan fingerprint density at radius 1 is 1.31 bits per heavy atom. The van der Waals surface area contributed by atoms with Crippen molar-refractivity contribution in [3.05, 3.63) is 35.6 Å². The van der Waals surface area contributed by atoms with Crippen LogP contribution in [-0.2, 0) is 15.3 Å². The van der Waals surface area contributed by atoms with Gasteiger partial charge in [-0.2, -0.15) is 0 Å². The second-order valence-electron chi connectivity index (χ2n) is 3.75. The molecule has 1 fully saturated rings. The fourth-order valence-electron chi connectivity index (χ4n) is 1.91.